The Labute approximate surface area is 85.5 Å². The molecule has 0 aliphatic rings. The van der Waals surface area contributed by atoms with E-state index in [1.165, 1.54) is 0 Å². The van der Waals surface area contributed by atoms with Crippen LogP contribution in [0.5, 0.6) is 0 Å². The highest BCUT2D eigenvalue weighted by atomic mass is 32.1. The Morgan fingerprint density at radius 2 is 2.08 bits per heavy atom. The minimum Gasteiger partial charge on any atom is -0.450 e. The summed E-state index contributed by atoms with van der Waals surface area (Å²) in [4.78, 5) is 21.2. The van der Waals surface area contributed by atoms with Crippen LogP contribution in [0.15, 0.2) is 0 Å². The Balaban J connectivity index is 0. The summed E-state index contributed by atoms with van der Waals surface area (Å²) >= 11 is 0. The molecule has 0 aromatic rings. The number of hydrogen-bond donors (Lipinski definition) is 1. The van der Waals surface area contributed by atoms with E-state index in [9.17, 15) is 9.59 Å². The molecule has 0 rings (SSSR count). The van der Waals surface area contributed by atoms with Crippen molar-refractivity contribution in [2.24, 2.45) is 5.92 Å². The lowest BCUT2D eigenvalue weighted by molar-refractivity contribution is -0.110. The summed E-state index contributed by atoms with van der Waals surface area (Å²) in [5.74, 6) is 0.0897. The number of nitrogens with one attached hydrogen (secondary N) is 1. The standard InChI is InChI=1S/C8H15NO3.H2S/c1-4-12-8(11)9-7(5-10)6(2)3;/h5-7H,4H2,1-3H3,(H,9,11);1H2/t7-;/m1./s1. The molecule has 0 unspecified atom stereocenters. The number of carbonyl (C=O) groups excluding carboxylic acids is 2. The highest BCUT2D eigenvalue weighted by molar-refractivity contribution is 7.59. The molecule has 0 fully saturated rings. The SMILES string of the molecule is CCOC(=O)N[C@H](C=O)C(C)C.S. The lowest BCUT2D eigenvalue weighted by atomic mass is 10.1. The summed E-state index contributed by atoms with van der Waals surface area (Å²) in [7, 11) is 0. The molecule has 0 saturated heterocycles. The molecule has 78 valence electrons. The molecule has 1 atom stereocenters. The third-order valence-electron chi connectivity index (χ3n) is 1.42. The molecule has 0 bridgehead atoms. The van der Waals surface area contributed by atoms with Gasteiger partial charge in [0.1, 0.15) is 6.29 Å². The zero-order chi connectivity index (χ0) is 9.56. The van der Waals surface area contributed by atoms with Gasteiger partial charge < -0.3 is 14.8 Å². The van der Waals surface area contributed by atoms with E-state index in [1.807, 2.05) is 13.8 Å². The van der Waals surface area contributed by atoms with Gasteiger partial charge in [0.25, 0.3) is 0 Å². The molecule has 0 aliphatic carbocycles. The van der Waals surface area contributed by atoms with Crippen LogP contribution >= 0.6 is 13.5 Å². The molecule has 0 spiro atoms. The molecular formula is C8H17NO3S. The van der Waals surface area contributed by atoms with Crippen LogP contribution in [0, 0.1) is 5.92 Å². The summed E-state index contributed by atoms with van der Waals surface area (Å²) < 4.78 is 4.62. The Hall–Kier alpha value is -0.710. The summed E-state index contributed by atoms with van der Waals surface area (Å²) in [6.07, 6.45) is 0.171. The molecule has 0 aromatic heterocycles. The Kier molecular flexibility index (Phi) is 9.01. The summed E-state index contributed by atoms with van der Waals surface area (Å²) in [6, 6.07) is -0.455. The Morgan fingerprint density at radius 1 is 1.54 bits per heavy atom. The van der Waals surface area contributed by atoms with Crippen molar-refractivity contribution in [1.82, 2.24) is 5.32 Å². The minimum absolute atomic E-state index is 0. The molecule has 0 heterocycles. The van der Waals surface area contributed by atoms with E-state index >= 15 is 0 Å². The quantitative estimate of drug-likeness (QED) is 0.701. The molecule has 0 saturated carbocycles. The average molecular weight is 207 g/mol. The summed E-state index contributed by atoms with van der Waals surface area (Å²) in [6.45, 7) is 5.73. The fraction of sp³-hybridized carbons (Fsp3) is 0.750. The number of hydrogen-bond acceptors (Lipinski definition) is 3. The van der Waals surface area contributed by atoms with Gasteiger partial charge in [0.2, 0.25) is 0 Å². The lowest BCUT2D eigenvalue weighted by Crippen LogP contribution is -2.39. The normalized spacial score (nSPS) is 11.4. The van der Waals surface area contributed by atoms with Crippen molar-refractivity contribution in [3.05, 3.63) is 0 Å². The topological polar surface area (TPSA) is 55.4 Å². The molecule has 0 radical (unpaired) electrons. The zero-order valence-electron chi connectivity index (χ0n) is 8.16. The van der Waals surface area contributed by atoms with E-state index in [2.05, 4.69) is 10.1 Å². The highest BCUT2D eigenvalue weighted by Crippen LogP contribution is 1.98. The molecular weight excluding hydrogens is 190 g/mol. The smallest absolute Gasteiger partial charge is 0.407 e. The average Bonchev–Trinajstić information content (AvgIpc) is 2.00. The number of rotatable bonds is 4. The largest absolute Gasteiger partial charge is 0.450 e. The van der Waals surface area contributed by atoms with Crippen LogP contribution in [0.25, 0.3) is 0 Å². The molecule has 1 N–H and O–H groups in total. The third kappa shape index (κ3) is 6.45. The van der Waals surface area contributed by atoms with Crippen molar-refractivity contribution in [1.29, 1.82) is 0 Å². The number of ether oxygens (including phenoxy) is 1. The number of amides is 1. The van der Waals surface area contributed by atoms with Crippen LogP contribution in [0.4, 0.5) is 4.79 Å². The van der Waals surface area contributed by atoms with Gasteiger partial charge in [0, 0.05) is 0 Å². The predicted molar refractivity (Wildman–Crippen MR) is 55.2 cm³/mol. The maximum Gasteiger partial charge on any atom is 0.407 e. The van der Waals surface area contributed by atoms with Crippen molar-refractivity contribution in [2.45, 2.75) is 26.8 Å². The second kappa shape index (κ2) is 7.91. The van der Waals surface area contributed by atoms with Gasteiger partial charge in [-0.05, 0) is 12.8 Å². The van der Waals surface area contributed by atoms with E-state index < -0.39 is 12.1 Å². The minimum atomic E-state index is -0.539. The maximum absolute atomic E-state index is 10.8. The lowest BCUT2D eigenvalue weighted by Gasteiger charge is -2.15. The first kappa shape index (κ1) is 14.8. The predicted octanol–water partition coefficient (Wildman–Crippen LogP) is 1.07. The maximum atomic E-state index is 10.8. The van der Waals surface area contributed by atoms with Gasteiger partial charge in [-0.3, -0.25) is 0 Å². The van der Waals surface area contributed by atoms with Crippen LogP contribution in [0.3, 0.4) is 0 Å². The second-order valence-electron chi connectivity index (χ2n) is 2.77. The molecule has 5 heteroatoms. The monoisotopic (exact) mass is 207 g/mol. The molecule has 0 aromatic carbocycles. The number of aldehydes is 1. The van der Waals surface area contributed by atoms with E-state index in [0.29, 0.717) is 12.9 Å². The second-order valence-corrected chi connectivity index (χ2v) is 2.77. The van der Waals surface area contributed by atoms with E-state index in [1.54, 1.807) is 6.92 Å². The van der Waals surface area contributed by atoms with Gasteiger partial charge in [0.15, 0.2) is 0 Å². The zero-order valence-corrected chi connectivity index (χ0v) is 9.16. The molecule has 0 aliphatic heterocycles. The molecule has 1 amide bonds. The fourth-order valence-electron chi connectivity index (χ4n) is 0.667. The van der Waals surface area contributed by atoms with E-state index in [0.717, 1.165) is 0 Å². The van der Waals surface area contributed by atoms with Gasteiger partial charge in [-0.1, -0.05) is 13.8 Å². The van der Waals surface area contributed by atoms with Gasteiger partial charge in [0.05, 0.1) is 12.6 Å². The van der Waals surface area contributed by atoms with Crippen molar-refractivity contribution in [3.63, 3.8) is 0 Å². The van der Waals surface area contributed by atoms with E-state index in [4.69, 9.17) is 0 Å². The fourth-order valence-corrected chi connectivity index (χ4v) is 0.667. The first-order chi connectivity index (χ1) is 5.61. The van der Waals surface area contributed by atoms with Crippen molar-refractivity contribution in [3.8, 4) is 0 Å². The van der Waals surface area contributed by atoms with Crippen molar-refractivity contribution >= 4 is 25.9 Å². The first-order valence-electron chi connectivity index (χ1n) is 4.00. The number of alkyl carbamates (subject to hydrolysis) is 1. The van der Waals surface area contributed by atoms with Crippen LogP contribution in [-0.2, 0) is 9.53 Å². The summed E-state index contributed by atoms with van der Waals surface area (Å²) in [5, 5.41) is 2.44. The Morgan fingerprint density at radius 3 is 2.38 bits per heavy atom. The van der Waals surface area contributed by atoms with Crippen LogP contribution in [0.2, 0.25) is 0 Å². The third-order valence-corrected chi connectivity index (χ3v) is 1.42. The van der Waals surface area contributed by atoms with Gasteiger partial charge in [-0.2, -0.15) is 13.5 Å². The van der Waals surface area contributed by atoms with Crippen LogP contribution in [0.1, 0.15) is 20.8 Å². The first-order valence-corrected chi connectivity index (χ1v) is 4.00. The number of carbonyl (C=O) groups is 2. The summed E-state index contributed by atoms with van der Waals surface area (Å²) in [5.41, 5.74) is 0. The Bertz CT molecular complexity index is 161. The molecule has 13 heavy (non-hydrogen) atoms. The van der Waals surface area contributed by atoms with Crippen molar-refractivity contribution in [2.75, 3.05) is 6.61 Å². The van der Waals surface area contributed by atoms with Crippen molar-refractivity contribution < 1.29 is 14.3 Å². The van der Waals surface area contributed by atoms with Gasteiger partial charge in [-0.15, -0.1) is 0 Å². The van der Waals surface area contributed by atoms with Crippen LogP contribution in [-0.4, -0.2) is 25.0 Å². The molecule has 4 nitrogen and oxygen atoms in total. The van der Waals surface area contributed by atoms with E-state index in [-0.39, 0.29) is 19.4 Å². The van der Waals surface area contributed by atoms with Gasteiger partial charge in [-0.25, -0.2) is 4.79 Å². The van der Waals surface area contributed by atoms with Gasteiger partial charge >= 0.3 is 6.09 Å². The highest BCUT2D eigenvalue weighted by Gasteiger charge is 2.14. The van der Waals surface area contributed by atoms with Crippen LogP contribution < -0.4 is 5.32 Å².